The summed E-state index contributed by atoms with van der Waals surface area (Å²) in [6.45, 7) is 1.59. The molecule has 1 fully saturated rings. The second-order valence-corrected chi connectivity index (χ2v) is 6.85. The van der Waals surface area contributed by atoms with Crippen LogP contribution in [0.25, 0.3) is 16.9 Å². The van der Waals surface area contributed by atoms with Crippen molar-refractivity contribution in [3.63, 3.8) is 0 Å². The van der Waals surface area contributed by atoms with Gasteiger partial charge in [0.2, 0.25) is 0 Å². The predicted molar refractivity (Wildman–Crippen MR) is 98.3 cm³/mol. The molecule has 0 radical (unpaired) electrons. The van der Waals surface area contributed by atoms with Gasteiger partial charge in [0.1, 0.15) is 6.07 Å². The number of nitrogens with one attached hydrogen (secondary N) is 1. The summed E-state index contributed by atoms with van der Waals surface area (Å²) < 4.78 is 8.15. The zero-order valence-corrected chi connectivity index (χ0v) is 15.0. The zero-order chi connectivity index (χ0) is 17.2. The molecule has 4 heterocycles. The van der Waals surface area contributed by atoms with E-state index in [2.05, 4.69) is 37.4 Å². The van der Waals surface area contributed by atoms with E-state index in [9.17, 15) is 0 Å². The molecule has 6 nitrogen and oxygen atoms in total. The molecule has 1 aliphatic rings. The largest absolute Gasteiger partial charge is 0.381 e. The lowest BCUT2D eigenvalue weighted by Crippen LogP contribution is -2.28. The van der Waals surface area contributed by atoms with Gasteiger partial charge in [0.25, 0.3) is 0 Å². The number of ether oxygens (including phenoxy) is 1. The number of aromatic nitrogens is 3. The maximum atomic E-state index is 9.01. The molecular weight excluding hydrogens is 382 g/mol. The number of pyridine rings is 1. The third-order valence-electron chi connectivity index (χ3n) is 4.33. The van der Waals surface area contributed by atoms with Gasteiger partial charge < -0.3 is 10.1 Å². The fraction of sp³-hybridized carbons (Fsp3) is 0.278. The second-order valence-electron chi connectivity index (χ2n) is 5.99. The number of anilines is 1. The smallest absolute Gasteiger partial charge is 0.101 e. The highest BCUT2D eigenvalue weighted by molar-refractivity contribution is 9.10. The molecule has 126 valence electrons. The molecule has 1 aliphatic heterocycles. The molecule has 0 saturated carbocycles. The Hall–Kier alpha value is -2.43. The highest BCUT2D eigenvalue weighted by atomic mass is 79.9. The molecule has 0 atom stereocenters. The van der Waals surface area contributed by atoms with Gasteiger partial charge in [-0.2, -0.15) is 10.4 Å². The van der Waals surface area contributed by atoms with E-state index in [-0.39, 0.29) is 0 Å². The fourth-order valence-electron chi connectivity index (χ4n) is 3.01. The van der Waals surface area contributed by atoms with Crippen LogP contribution in [0.15, 0.2) is 41.1 Å². The molecule has 1 N–H and O–H groups in total. The van der Waals surface area contributed by atoms with Gasteiger partial charge in [-0.15, -0.1) is 0 Å². The van der Waals surface area contributed by atoms with Crippen molar-refractivity contribution in [2.45, 2.75) is 18.9 Å². The Morgan fingerprint density at radius 2 is 2.08 bits per heavy atom. The van der Waals surface area contributed by atoms with Crippen molar-refractivity contribution in [3.05, 3.63) is 46.7 Å². The normalized spacial score (nSPS) is 15.2. The summed E-state index contributed by atoms with van der Waals surface area (Å²) in [5.41, 5.74) is 4.15. The lowest BCUT2D eigenvalue weighted by molar-refractivity contribution is 0.0904. The van der Waals surface area contributed by atoms with E-state index >= 15 is 0 Å². The number of rotatable bonds is 3. The first-order valence-electron chi connectivity index (χ1n) is 8.13. The van der Waals surface area contributed by atoms with E-state index in [0.29, 0.717) is 11.6 Å². The number of nitrogens with zero attached hydrogens (tertiary/aromatic N) is 4. The summed E-state index contributed by atoms with van der Waals surface area (Å²) in [5, 5.41) is 16.9. The highest BCUT2D eigenvalue weighted by Gasteiger charge is 2.16. The number of hydrogen-bond donors (Lipinski definition) is 1. The van der Waals surface area contributed by atoms with E-state index in [1.54, 1.807) is 16.9 Å². The van der Waals surface area contributed by atoms with Gasteiger partial charge >= 0.3 is 0 Å². The Labute approximate surface area is 153 Å². The van der Waals surface area contributed by atoms with Crippen molar-refractivity contribution in [2.24, 2.45) is 0 Å². The maximum Gasteiger partial charge on any atom is 0.101 e. The molecule has 3 aromatic rings. The van der Waals surface area contributed by atoms with Crippen LogP contribution in [0.4, 0.5) is 5.69 Å². The van der Waals surface area contributed by atoms with Gasteiger partial charge in [0, 0.05) is 25.5 Å². The third kappa shape index (κ3) is 3.23. The molecule has 7 heteroatoms. The van der Waals surface area contributed by atoms with Crippen molar-refractivity contribution in [2.75, 3.05) is 18.5 Å². The van der Waals surface area contributed by atoms with Crippen molar-refractivity contribution in [3.8, 4) is 17.5 Å². The Kier molecular flexibility index (Phi) is 4.38. The van der Waals surface area contributed by atoms with Crippen LogP contribution in [-0.4, -0.2) is 33.9 Å². The van der Waals surface area contributed by atoms with Gasteiger partial charge in [-0.25, -0.2) is 4.52 Å². The monoisotopic (exact) mass is 397 g/mol. The molecule has 25 heavy (non-hydrogen) atoms. The Morgan fingerprint density at radius 1 is 1.24 bits per heavy atom. The van der Waals surface area contributed by atoms with Crippen LogP contribution in [-0.2, 0) is 4.74 Å². The minimum absolute atomic E-state index is 0.403. The minimum atomic E-state index is 0.403. The molecule has 3 aromatic heterocycles. The lowest BCUT2D eigenvalue weighted by Gasteiger charge is -2.24. The Bertz CT molecular complexity index is 956. The average Bonchev–Trinajstić information content (AvgIpc) is 3.07. The summed E-state index contributed by atoms with van der Waals surface area (Å²) in [6, 6.07) is 10.3. The summed E-state index contributed by atoms with van der Waals surface area (Å²) in [4.78, 5) is 4.53. The van der Waals surface area contributed by atoms with Gasteiger partial charge in [-0.3, -0.25) is 4.98 Å². The highest BCUT2D eigenvalue weighted by Crippen LogP contribution is 2.29. The third-order valence-corrected chi connectivity index (χ3v) is 4.96. The molecular formula is C18H16BrN5O. The van der Waals surface area contributed by atoms with Crippen LogP contribution in [0.3, 0.4) is 0 Å². The number of halogens is 1. The van der Waals surface area contributed by atoms with Crippen molar-refractivity contribution >= 4 is 27.1 Å². The standard InChI is InChI=1S/C18H16BrN5O/c19-15-11-21-17(8-16(15)23-13-3-5-25-6-4-13)18-2-1-14-7-12(9-20)10-22-24(14)18/h1-2,7-8,10-11,13H,3-6H2,(H,21,23). The summed E-state index contributed by atoms with van der Waals surface area (Å²) >= 11 is 3.57. The topological polar surface area (TPSA) is 75.2 Å². The molecule has 0 unspecified atom stereocenters. The van der Waals surface area contributed by atoms with Crippen LogP contribution in [0.2, 0.25) is 0 Å². The zero-order valence-electron chi connectivity index (χ0n) is 13.4. The van der Waals surface area contributed by atoms with E-state index in [4.69, 9.17) is 10.00 Å². The van der Waals surface area contributed by atoms with E-state index in [1.807, 2.05) is 24.3 Å². The first kappa shape index (κ1) is 16.1. The number of nitriles is 1. The van der Waals surface area contributed by atoms with Gasteiger partial charge in [-0.1, -0.05) is 0 Å². The molecule has 0 spiro atoms. The summed E-state index contributed by atoms with van der Waals surface area (Å²) in [5.74, 6) is 0. The summed E-state index contributed by atoms with van der Waals surface area (Å²) in [7, 11) is 0. The van der Waals surface area contributed by atoms with Crippen molar-refractivity contribution < 1.29 is 4.74 Å². The molecule has 0 aromatic carbocycles. The van der Waals surface area contributed by atoms with Crippen LogP contribution in [0.5, 0.6) is 0 Å². The second kappa shape index (κ2) is 6.82. The van der Waals surface area contributed by atoms with Crippen molar-refractivity contribution in [1.29, 1.82) is 5.26 Å². The molecule has 0 aliphatic carbocycles. The molecule has 4 rings (SSSR count). The first-order chi connectivity index (χ1) is 12.2. The average molecular weight is 398 g/mol. The van der Waals surface area contributed by atoms with Gasteiger partial charge in [0.15, 0.2) is 0 Å². The summed E-state index contributed by atoms with van der Waals surface area (Å²) in [6.07, 6.45) is 5.36. The lowest BCUT2D eigenvalue weighted by atomic mass is 10.1. The fourth-order valence-corrected chi connectivity index (χ4v) is 3.34. The van der Waals surface area contributed by atoms with Crippen molar-refractivity contribution in [1.82, 2.24) is 14.6 Å². The quantitative estimate of drug-likeness (QED) is 0.730. The van der Waals surface area contributed by atoms with Gasteiger partial charge in [0.05, 0.1) is 38.8 Å². The molecule has 0 bridgehead atoms. The number of fused-ring (bicyclic) bond motifs is 1. The number of hydrogen-bond acceptors (Lipinski definition) is 5. The minimum Gasteiger partial charge on any atom is -0.381 e. The Balaban J connectivity index is 1.69. The predicted octanol–water partition coefficient (Wildman–Crippen LogP) is 3.62. The maximum absolute atomic E-state index is 9.01. The van der Waals surface area contributed by atoms with Crippen LogP contribution >= 0.6 is 15.9 Å². The van der Waals surface area contributed by atoms with E-state index in [0.717, 1.165) is 53.1 Å². The first-order valence-corrected chi connectivity index (χ1v) is 8.92. The Morgan fingerprint density at radius 3 is 2.88 bits per heavy atom. The van der Waals surface area contributed by atoms with E-state index in [1.165, 1.54) is 0 Å². The van der Waals surface area contributed by atoms with Gasteiger partial charge in [-0.05, 0) is 53.0 Å². The van der Waals surface area contributed by atoms with Crippen LogP contribution < -0.4 is 5.32 Å². The molecule has 1 saturated heterocycles. The van der Waals surface area contributed by atoms with Crippen LogP contribution in [0, 0.1) is 11.3 Å². The van der Waals surface area contributed by atoms with E-state index < -0.39 is 0 Å². The molecule has 0 amide bonds. The van der Waals surface area contributed by atoms with Crippen LogP contribution in [0.1, 0.15) is 18.4 Å². The SMILES string of the molecule is N#Cc1cnn2c(-c3cc(NC4CCOCC4)c(Br)cn3)ccc2c1.